The molecule has 1 aromatic carbocycles. The third-order valence-electron chi connectivity index (χ3n) is 2.10. The fraction of sp³-hybridized carbons (Fsp3) is 0.167. The number of benzene rings is 1. The molecule has 17 heavy (non-hydrogen) atoms. The highest BCUT2D eigenvalue weighted by Crippen LogP contribution is 2.20. The molecular formula is C12H11FN2O2. The molecule has 1 aromatic rings. The molecule has 0 heterocycles. The zero-order valence-electron chi connectivity index (χ0n) is 9.06. The van der Waals surface area contributed by atoms with Gasteiger partial charge in [-0.15, -0.1) is 6.58 Å². The normalized spacial score (nSPS) is 9.41. The minimum Gasteiger partial charge on any atom is -0.480 e. The molecule has 0 radical (unpaired) electrons. The van der Waals surface area contributed by atoms with Crippen LogP contribution in [0.15, 0.2) is 30.9 Å². The molecule has 0 amide bonds. The van der Waals surface area contributed by atoms with Crippen molar-refractivity contribution in [3.63, 3.8) is 0 Å². The summed E-state index contributed by atoms with van der Waals surface area (Å²) in [5.74, 6) is -1.56. The fourth-order valence-electron chi connectivity index (χ4n) is 1.44. The Morgan fingerprint density at radius 1 is 1.65 bits per heavy atom. The zero-order chi connectivity index (χ0) is 12.8. The first-order valence-corrected chi connectivity index (χ1v) is 4.85. The molecule has 5 heteroatoms. The van der Waals surface area contributed by atoms with Crippen LogP contribution in [0, 0.1) is 17.1 Å². The molecule has 88 valence electrons. The van der Waals surface area contributed by atoms with Crippen LogP contribution in [-0.2, 0) is 4.79 Å². The second kappa shape index (κ2) is 5.66. The number of halogens is 1. The number of carbonyl (C=O) groups is 1. The Kier molecular flexibility index (Phi) is 4.23. The van der Waals surface area contributed by atoms with Crippen molar-refractivity contribution in [3.05, 3.63) is 42.2 Å². The summed E-state index contributed by atoms with van der Waals surface area (Å²) in [4.78, 5) is 12.1. The van der Waals surface area contributed by atoms with Crippen LogP contribution in [0.5, 0.6) is 0 Å². The van der Waals surface area contributed by atoms with E-state index in [0.717, 1.165) is 6.07 Å². The molecular weight excluding hydrogens is 223 g/mol. The fourth-order valence-corrected chi connectivity index (χ4v) is 1.44. The van der Waals surface area contributed by atoms with Crippen molar-refractivity contribution in [2.45, 2.75) is 0 Å². The van der Waals surface area contributed by atoms with E-state index in [4.69, 9.17) is 10.4 Å². The van der Waals surface area contributed by atoms with Crippen LogP contribution in [0.4, 0.5) is 10.1 Å². The number of nitrogens with zero attached hydrogens (tertiary/aromatic N) is 2. The summed E-state index contributed by atoms with van der Waals surface area (Å²) < 4.78 is 12.9. The first-order valence-electron chi connectivity index (χ1n) is 4.85. The quantitative estimate of drug-likeness (QED) is 0.788. The van der Waals surface area contributed by atoms with Crippen LogP contribution in [-0.4, -0.2) is 24.2 Å². The van der Waals surface area contributed by atoms with Crippen molar-refractivity contribution in [2.24, 2.45) is 0 Å². The molecule has 0 unspecified atom stereocenters. The van der Waals surface area contributed by atoms with E-state index in [0.29, 0.717) is 5.69 Å². The maximum absolute atomic E-state index is 12.9. The number of hydrogen-bond donors (Lipinski definition) is 1. The van der Waals surface area contributed by atoms with E-state index in [9.17, 15) is 9.18 Å². The van der Waals surface area contributed by atoms with E-state index in [1.165, 1.54) is 23.1 Å². The molecule has 0 atom stereocenters. The maximum atomic E-state index is 12.9. The first-order chi connectivity index (χ1) is 8.08. The summed E-state index contributed by atoms with van der Waals surface area (Å²) in [5, 5.41) is 17.6. The Morgan fingerprint density at radius 2 is 2.35 bits per heavy atom. The lowest BCUT2D eigenvalue weighted by molar-refractivity contribution is -0.135. The third-order valence-corrected chi connectivity index (χ3v) is 2.10. The zero-order valence-corrected chi connectivity index (χ0v) is 9.06. The van der Waals surface area contributed by atoms with E-state index in [-0.39, 0.29) is 18.7 Å². The van der Waals surface area contributed by atoms with Gasteiger partial charge in [0.1, 0.15) is 18.4 Å². The standard InChI is InChI=1S/C12H11FN2O2/c1-2-5-15(8-12(16)17)11-4-3-10(13)6-9(11)7-14/h2-4,6H,1,5,8H2,(H,16,17). The van der Waals surface area contributed by atoms with Crippen molar-refractivity contribution in [2.75, 3.05) is 18.0 Å². The van der Waals surface area contributed by atoms with Crippen LogP contribution in [0.3, 0.4) is 0 Å². The highest BCUT2D eigenvalue weighted by Gasteiger charge is 2.13. The van der Waals surface area contributed by atoms with E-state index in [1.54, 1.807) is 0 Å². The number of nitriles is 1. The Balaban J connectivity index is 3.13. The molecule has 4 nitrogen and oxygen atoms in total. The van der Waals surface area contributed by atoms with Gasteiger partial charge in [-0.05, 0) is 18.2 Å². The lowest BCUT2D eigenvalue weighted by Gasteiger charge is -2.22. The van der Waals surface area contributed by atoms with Crippen molar-refractivity contribution < 1.29 is 14.3 Å². The summed E-state index contributed by atoms with van der Waals surface area (Å²) in [6.07, 6.45) is 1.52. The summed E-state index contributed by atoms with van der Waals surface area (Å²) >= 11 is 0. The second-order valence-corrected chi connectivity index (χ2v) is 3.34. The molecule has 0 aliphatic rings. The van der Waals surface area contributed by atoms with Crippen LogP contribution >= 0.6 is 0 Å². The summed E-state index contributed by atoms with van der Waals surface area (Å²) in [7, 11) is 0. The van der Waals surface area contributed by atoms with Crippen LogP contribution < -0.4 is 4.90 Å². The van der Waals surface area contributed by atoms with Gasteiger partial charge in [0.15, 0.2) is 0 Å². The predicted molar refractivity (Wildman–Crippen MR) is 61.2 cm³/mol. The SMILES string of the molecule is C=CCN(CC(=O)O)c1ccc(F)cc1C#N. The largest absolute Gasteiger partial charge is 0.480 e. The average Bonchev–Trinajstić information content (AvgIpc) is 2.27. The topological polar surface area (TPSA) is 64.3 Å². The molecule has 0 saturated heterocycles. The number of carboxylic acid groups (broad SMARTS) is 1. The van der Waals surface area contributed by atoms with Gasteiger partial charge in [-0.2, -0.15) is 5.26 Å². The lowest BCUT2D eigenvalue weighted by Crippen LogP contribution is -2.30. The maximum Gasteiger partial charge on any atom is 0.323 e. The van der Waals surface area contributed by atoms with Gasteiger partial charge in [-0.3, -0.25) is 4.79 Å². The summed E-state index contributed by atoms with van der Waals surface area (Å²) in [6.45, 7) is 3.51. The lowest BCUT2D eigenvalue weighted by atomic mass is 10.1. The molecule has 0 bridgehead atoms. The van der Waals surface area contributed by atoms with Gasteiger partial charge in [-0.1, -0.05) is 6.08 Å². The molecule has 1 rings (SSSR count). The minimum absolute atomic E-state index is 0.105. The second-order valence-electron chi connectivity index (χ2n) is 3.34. The van der Waals surface area contributed by atoms with Gasteiger partial charge in [0.05, 0.1) is 11.3 Å². The molecule has 1 N–H and O–H groups in total. The summed E-state index contributed by atoms with van der Waals surface area (Å²) in [5.41, 5.74) is 0.490. The van der Waals surface area contributed by atoms with Crippen LogP contribution in [0.1, 0.15) is 5.56 Å². The number of aliphatic carboxylic acids is 1. The monoisotopic (exact) mass is 234 g/mol. The van der Waals surface area contributed by atoms with Crippen LogP contribution in [0.25, 0.3) is 0 Å². The summed E-state index contributed by atoms with van der Waals surface area (Å²) in [6, 6.07) is 5.49. The third kappa shape index (κ3) is 3.31. The Hall–Kier alpha value is -2.35. The van der Waals surface area contributed by atoms with Gasteiger partial charge >= 0.3 is 5.97 Å². The molecule has 0 aliphatic heterocycles. The van der Waals surface area contributed by atoms with E-state index in [2.05, 4.69) is 6.58 Å². The Morgan fingerprint density at radius 3 is 2.88 bits per heavy atom. The van der Waals surface area contributed by atoms with Gasteiger partial charge in [0.25, 0.3) is 0 Å². The number of carboxylic acids is 1. The molecule has 0 spiro atoms. The number of anilines is 1. The van der Waals surface area contributed by atoms with Gasteiger partial charge < -0.3 is 10.0 Å². The first kappa shape index (κ1) is 12.7. The van der Waals surface area contributed by atoms with Gasteiger partial charge in [0, 0.05) is 6.54 Å². The predicted octanol–water partition coefficient (Wildman–Crippen LogP) is 1.77. The number of rotatable bonds is 5. The highest BCUT2D eigenvalue weighted by molar-refractivity contribution is 5.75. The van der Waals surface area contributed by atoms with Crippen molar-refractivity contribution >= 4 is 11.7 Å². The molecule has 0 fully saturated rings. The molecule has 0 aromatic heterocycles. The van der Waals surface area contributed by atoms with Crippen LogP contribution in [0.2, 0.25) is 0 Å². The Labute approximate surface area is 98.2 Å². The Bertz CT molecular complexity index is 480. The van der Waals surface area contributed by atoms with E-state index >= 15 is 0 Å². The minimum atomic E-state index is -1.03. The van der Waals surface area contributed by atoms with E-state index < -0.39 is 11.8 Å². The number of hydrogen-bond acceptors (Lipinski definition) is 3. The van der Waals surface area contributed by atoms with Crippen molar-refractivity contribution in [1.29, 1.82) is 5.26 Å². The van der Waals surface area contributed by atoms with E-state index in [1.807, 2.05) is 6.07 Å². The van der Waals surface area contributed by atoms with Gasteiger partial charge in [0.2, 0.25) is 0 Å². The molecule has 0 aliphatic carbocycles. The average molecular weight is 234 g/mol. The highest BCUT2D eigenvalue weighted by atomic mass is 19.1. The van der Waals surface area contributed by atoms with Gasteiger partial charge in [-0.25, -0.2) is 4.39 Å². The molecule has 0 saturated carbocycles. The van der Waals surface area contributed by atoms with Crippen molar-refractivity contribution in [1.82, 2.24) is 0 Å². The smallest absolute Gasteiger partial charge is 0.323 e. The van der Waals surface area contributed by atoms with Crippen molar-refractivity contribution in [3.8, 4) is 6.07 Å².